The Morgan fingerprint density at radius 2 is 2.00 bits per heavy atom. The van der Waals surface area contributed by atoms with Crippen LogP contribution in [-0.2, 0) is 7.05 Å². The second-order valence-corrected chi connectivity index (χ2v) is 6.94. The van der Waals surface area contributed by atoms with Crippen molar-refractivity contribution in [1.29, 1.82) is 0 Å². The number of aryl methyl sites for hydroxylation is 1. The van der Waals surface area contributed by atoms with Gasteiger partial charge in [0.25, 0.3) is 0 Å². The smallest absolute Gasteiger partial charge is 0.200 e. The highest BCUT2D eigenvalue weighted by molar-refractivity contribution is 5.84. The first kappa shape index (κ1) is 15.9. The van der Waals surface area contributed by atoms with E-state index < -0.39 is 0 Å². The van der Waals surface area contributed by atoms with Crippen LogP contribution in [0.3, 0.4) is 0 Å². The SMILES string of the molecule is COc1ccc(-c2nc(C3CC3C)n(-c3ccnc4c3cnn4C)n2)nc1. The van der Waals surface area contributed by atoms with Crippen LogP contribution < -0.4 is 4.74 Å². The Labute approximate surface area is 155 Å². The molecule has 4 heterocycles. The molecule has 0 bridgehead atoms. The van der Waals surface area contributed by atoms with E-state index in [0.29, 0.717) is 23.4 Å². The van der Waals surface area contributed by atoms with Gasteiger partial charge in [-0.1, -0.05) is 6.92 Å². The Kier molecular flexibility index (Phi) is 3.46. The summed E-state index contributed by atoms with van der Waals surface area (Å²) in [6, 6.07) is 5.71. The predicted molar refractivity (Wildman–Crippen MR) is 99.7 cm³/mol. The first-order chi connectivity index (χ1) is 13.2. The van der Waals surface area contributed by atoms with E-state index >= 15 is 0 Å². The maximum absolute atomic E-state index is 5.19. The van der Waals surface area contributed by atoms with Crippen LogP contribution in [0.2, 0.25) is 0 Å². The van der Waals surface area contributed by atoms with Gasteiger partial charge < -0.3 is 4.74 Å². The highest BCUT2D eigenvalue weighted by atomic mass is 16.5. The summed E-state index contributed by atoms with van der Waals surface area (Å²) in [6.45, 7) is 2.24. The molecule has 27 heavy (non-hydrogen) atoms. The summed E-state index contributed by atoms with van der Waals surface area (Å²) in [5.74, 6) is 3.30. The molecule has 2 unspecified atom stereocenters. The summed E-state index contributed by atoms with van der Waals surface area (Å²) >= 11 is 0. The molecule has 8 heteroatoms. The number of pyridine rings is 2. The monoisotopic (exact) mass is 361 g/mol. The number of nitrogens with zero attached hydrogens (tertiary/aromatic N) is 7. The summed E-state index contributed by atoms with van der Waals surface area (Å²) in [6.07, 6.45) is 6.41. The third kappa shape index (κ3) is 2.56. The van der Waals surface area contributed by atoms with Crippen molar-refractivity contribution < 1.29 is 4.74 Å². The van der Waals surface area contributed by atoms with Crippen molar-refractivity contribution in [3.8, 4) is 23.0 Å². The molecule has 136 valence electrons. The molecule has 1 fully saturated rings. The van der Waals surface area contributed by atoms with Gasteiger partial charge in [0.1, 0.15) is 17.3 Å². The fourth-order valence-electron chi connectivity index (χ4n) is 3.38. The van der Waals surface area contributed by atoms with Crippen molar-refractivity contribution in [2.45, 2.75) is 19.3 Å². The number of fused-ring (bicyclic) bond motifs is 1. The second-order valence-electron chi connectivity index (χ2n) is 6.94. The third-order valence-corrected chi connectivity index (χ3v) is 5.12. The minimum atomic E-state index is 0.407. The Morgan fingerprint density at radius 1 is 1.15 bits per heavy atom. The highest BCUT2D eigenvalue weighted by Crippen LogP contribution is 2.47. The zero-order chi connectivity index (χ0) is 18.5. The maximum Gasteiger partial charge on any atom is 0.200 e. The van der Waals surface area contributed by atoms with Crippen LogP contribution >= 0.6 is 0 Å². The molecule has 0 saturated heterocycles. The third-order valence-electron chi connectivity index (χ3n) is 5.12. The van der Waals surface area contributed by atoms with Crippen molar-refractivity contribution in [3.05, 3.63) is 42.6 Å². The van der Waals surface area contributed by atoms with Crippen molar-refractivity contribution >= 4 is 11.0 Å². The molecular weight excluding hydrogens is 342 g/mol. The minimum Gasteiger partial charge on any atom is -0.495 e. The van der Waals surface area contributed by atoms with Crippen LogP contribution in [-0.4, -0.2) is 41.6 Å². The van der Waals surface area contributed by atoms with Gasteiger partial charge in [0.05, 0.1) is 30.6 Å². The average Bonchev–Trinajstić information content (AvgIpc) is 3.10. The Balaban J connectivity index is 1.67. The lowest BCUT2D eigenvalue weighted by Crippen LogP contribution is -2.04. The number of hydrogen-bond acceptors (Lipinski definition) is 6. The van der Waals surface area contributed by atoms with Crippen molar-refractivity contribution in [2.24, 2.45) is 13.0 Å². The minimum absolute atomic E-state index is 0.407. The number of hydrogen-bond donors (Lipinski definition) is 0. The lowest BCUT2D eigenvalue weighted by atomic mass is 10.2. The van der Waals surface area contributed by atoms with Gasteiger partial charge >= 0.3 is 0 Å². The first-order valence-corrected chi connectivity index (χ1v) is 8.90. The molecule has 1 aliphatic carbocycles. The van der Waals surface area contributed by atoms with Gasteiger partial charge in [-0.25, -0.2) is 19.6 Å². The van der Waals surface area contributed by atoms with E-state index in [0.717, 1.165) is 34.7 Å². The molecule has 0 aromatic carbocycles. The van der Waals surface area contributed by atoms with Crippen LogP contribution in [0, 0.1) is 5.92 Å². The standard InChI is InChI=1S/C19H19N7O/c1-11-8-13(11)19-23-17(15-5-4-12(27-3)9-21-15)24-26(19)16-6-7-20-18-14(16)10-22-25(18)2/h4-7,9-11,13H,8H2,1-3H3. The zero-order valence-electron chi connectivity index (χ0n) is 15.4. The molecule has 4 aromatic heterocycles. The fraction of sp³-hybridized carbons (Fsp3) is 0.316. The van der Waals surface area contributed by atoms with Gasteiger partial charge in [-0.05, 0) is 30.5 Å². The highest BCUT2D eigenvalue weighted by Gasteiger charge is 2.39. The van der Waals surface area contributed by atoms with Crippen molar-refractivity contribution in [1.82, 2.24) is 34.5 Å². The van der Waals surface area contributed by atoms with Gasteiger partial charge in [0.2, 0.25) is 0 Å². The molecule has 8 nitrogen and oxygen atoms in total. The lowest BCUT2D eigenvalue weighted by Gasteiger charge is -2.06. The van der Waals surface area contributed by atoms with E-state index in [1.54, 1.807) is 24.2 Å². The summed E-state index contributed by atoms with van der Waals surface area (Å²) in [7, 11) is 3.51. The van der Waals surface area contributed by atoms with Gasteiger partial charge in [-0.15, -0.1) is 5.10 Å². The Morgan fingerprint density at radius 3 is 2.70 bits per heavy atom. The molecule has 0 amide bonds. The molecule has 1 saturated carbocycles. The molecule has 4 aromatic rings. The van der Waals surface area contributed by atoms with Gasteiger partial charge in [0.15, 0.2) is 11.5 Å². The van der Waals surface area contributed by atoms with Gasteiger partial charge in [-0.2, -0.15) is 5.10 Å². The van der Waals surface area contributed by atoms with Crippen LogP contribution in [0.1, 0.15) is 25.1 Å². The van der Waals surface area contributed by atoms with E-state index in [1.807, 2.05) is 36.1 Å². The van der Waals surface area contributed by atoms with Crippen LogP contribution in [0.25, 0.3) is 28.2 Å². The number of rotatable bonds is 4. The number of methoxy groups -OCH3 is 1. The Hall–Kier alpha value is -3.29. The van der Waals surface area contributed by atoms with E-state index in [1.165, 1.54) is 0 Å². The lowest BCUT2D eigenvalue weighted by molar-refractivity contribution is 0.413. The van der Waals surface area contributed by atoms with Crippen LogP contribution in [0.4, 0.5) is 0 Å². The summed E-state index contributed by atoms with van der Waals surface area (Å²) in [5.41, 5.74) is 2.48. The molecule has 0 spiro atoms. The molecule has 1 aliphatic rings. The average molecular weight is 361 g/mol. The molecule has 0 N–H and O–H groups in total. The topological polar surface area (TPSA) is 83.5 Å². The fourth-order valence-corrected chi connectivity index (χ4v) is 3.38. The van der Waals surface area contributed by atoms with Crippen molar-refractivity contribution in [3.63, 3.8) is 0 Å². The van der Waals surface area contributed by atoms with Crippen LogP contribution in [0.5, 0.6) is 5.75 Å². The predicted octanol–water partition coefficient (Wildman–Crippen LogP) is 2.74. The largest absolute Gasteiger partial charge is 0.495 e. The molecular formula is C19H19N7O. The second kappa shape index (κ2) is 5.87. The zero-order valence-corrected chi connectivity index (χ0v) is 15.4. The molecule has 0 radical (unpaired) electrons. The van der Waals surface area contributed by atoms with Gasteiger partial charge in [-0.3, -0.25) is 4.68 Å². The summed E-state index contributed by atoms with van der Waals surface area (Å²) in [5, 5.41) is 10.1. The number of aromatic nitrogens is 7. The summed E-state index contributed by atoms with van der Waals surface area (Å²) < 4.78 is 8.89. The van der Waals surface area contributed by atoms with E-state index in [-0.39, 0.29) is 0 Å². The van der Waals surface area contributed by atoms with E-state index in [4.69, 9.17) is 14.8 Å². The van der Waals surface area contributed by atoms with Gasteiger partial charge in [0, 0.05) is 19.2 Å². The normalized spacial score (nSPS) is 18.8. The number of ether oxygens (including phenoxy) is 1. The quantitative estimate of drug-likeness (QED) is 0.556. The summed E-state index contributed by atoms with van der Waals surface area (Å²) in [4.78, 5) is 13.7. The Bertz CT molecular complexity index is 1130. The van der Waals surface area contributed by atoms with E-state index in [2.05, 4.69) is 22.0 Å². The maximum atomic E-state index is 5.19. The molecule has 2 atom stereocenters. The van der Waals surface area contributed by atoms with Crippen molar-refractivity contribution in [2.75, 3.05) is 7.11 Å². The molecule has 0 aliphatic heterocycles. The first-order valence-electron chi connectivity index (χ1n) is 8.90. The van der Waals surface area contributed by atoms with Crippen LogP contribution in [0.15, 0.2) is 36.8 Å². The molecule has 5 rings (SSSR count). The van der Waals surface area contributed by atoms with E-state index in [9.17, 15) is 0 Å².